The summed E-state index contributed by atoms with van der Waals surface area (Å²) < 4.78 is 32.3. The van der Waals surface area contributed by atoms with Crippen molar-refractivity contribution in [2.24, 2.45) is 5.92 Å². The number of hydrogen-bond donors (Lipinski definition) is 1. The molecule has 2 aromatic rings. The molecule has 2 aromatic carbocycles. The van der Waals surface area contributed by atoms with Gasteiger partial charge in [0.05, 0.1) is 26.4 Å². The van der Waals surface area contributed by atoms with E-state index in [1.54, 1.807) is 0 Å². The summed E-state index contributed by atoms with van der Waals surface area (Å²) in [6.45, 7) is 15.4. The predicted molar refractivity (Wildman–Crippen MR) is 207 cm³/mol. The molecule has 2 fully saturated rings. The van der Waals surface area contributed by atoms with Crippen LogP contribution in [0.4, 0.5) is 0 Å². The molecule has 2 aliphatic rings. The molecule has 0 spiro atoms. The lowest BCUT2D eigenvalue weighted by Crippen LogP contribution is -2.67. The van der Waals surface area contributed by atoms with E-state index < -0.39 is 19.7 Å². The molecule has 280 valence electrons. The normalized spacial score (nSPS) is 22.3. The molecule has 0 aromatic heterocycles. The van der Waals surface area contributed by atoms with Crippen LogP contribution in [-0.4, -0.2) is 63.6 Å². The Morgan fingerprint density at radius 3 is 1.88 bits per heavy atom. The fourth-order valence-electron chi connectivity index (χ4n) is 8.05. The molecule has 7 heteroatoms. The van der Waals surface area contributed by atoms with E-state index in [4.69, 9.17) is 23.4 Å². The molecule has 2 aliphatic heterocycles. The summed E-state index contributed by atoms with van der Waals surface area (Å²) in [5.74, 6) is -1.20. The zero-order chi connectivity index (χ0) is 36.0. The highest BCUT2D eigenvalue weighted by Gasteiger charge is 2.52. The van der Waals surface area contributed by atoms with E-state index in [0.717, 1.165) is 45.3 Å². The summed E-state index contributed by atoms with van der Waals surface area (Å²) in [6, 6.07) is 21.5. The minimum atomic E-state index is -2.71. The van der Waals surface area contributed by atoms with E-state index in [1.807, 2.05) is 13.8 Å². The highest BCUT2D eigenvalue weighted by Crippen LogP contribution is 2.41. The van der Waals surface area contributed by atoms with Crippen LogP contribution in [0.3, 0.4) is 0 Å². The second-order valence-electron chi connectivity index (χ2n) is 16.1. The van der Waals surface area contributed by atoms with E-state index >= 15 is 0 Å². The molecule has 0 radical (unpaired) electrons. The van der Waals surface area contributed by atoms with Gasteiger partial charge in [0.25, 0.3) is 8.32 Å². The van der Waals surface area contributed by atoms with E-state index in [2.05, 4.69) is 101 Å². The molecule has 2 saturated heterocycles. The SMILES string of the molecule is CCCCCCCC1(CCCCCC/C=C\[C@@H]2COC(C)(C)O[C@@]2(CO)CCO[Si](c2ccccc2)(c2ccccc2)C(C)(C)C)OCCO1. The van der Waals surface area contributed by atoms with Gasteiger partial charge in [-0.15, -0.1) is 0 Å². The molecule has 0 amide bonds. The van der Waals surface area contributed by atoms with Crippen molar-refractivity contribution in [2.45, 2.75) is 147 Å². The zero-order valence-corrected chi connectivity index (χ0v) is 33.2. The minimum Gasteiger partial charge on any atom is -0.407 e. The van der Waals surface area contributed by atoms with Crippen molar-refractivity contribution in [1.29, 1.82) is 0 Å². The molecule has 0 unspecified atom stereocenters. The van der Waals surface area contributed by atoms with Crippen LogP contribution in [0.15, 0.2) is 72.8 Å². The smallest absolute Gasteiger partial charge is 0.261 e. The number of aliphatic hydroxyl groups excluding tert-OH is 1. The first-order valence-corrected chi connectivity index (χ1v) is 21.6. The highest BCUT2D eigenvalue weighted by molar-refractivity contribution is 6.99. The Kier molecular flexibility index (Phi) is 15.8. The van der Waals surface area contributed by atoms with E-state index in [-0.39, 0.29) is 23.4 Å². The van der Waals surface area contributed by atoms with Crippen LogP contribution in [0, 0.1) is 5.92 Å². The standard InChI is InChI=1S/C43H68O6Si/c1-7-8-9-13-22-29-43(45-33-34-46-43)30-23-14-11-10-12-17-24-37-35-47-41(5,6)49-42(37,36-44)31-32-48-50(40(2,3)4,38-25-18-15-19-26-38)39-27-20-16-21-28-39/h15-21,24-28,37,44H,7-14,22-23,29-36H2,1-6H3/b24-17-/t37-,42-/m1/s1. The van der Waals surface area contributed by atoms with Gasteiger partial charge in [0.1, 0.15) is 5.60 Å². The zero-order valence-electron chi connectivity index (χ0n) is 32.2. The van der Waals surface area contributed by atoms with E-state index in [9.17, 15) is 5.11 Å². The van der Waals surface area contributed by atoms with E-state index in [1.165, 1.54) is 55.3 Å². The third-order valence-corrected chi connectivity index (χ3v) is 15.8. The topological polar surface area (TPSA) is 66.4 Å². The maximum absolute atomic E-state index is 11.0. The van der Waals surface area contributed by atoms with Gasteiger partial charge in [-0.3, -0.25) is 0 Å². The summed E-state index contributed by atoms with van der Waals surface area (Å²) in [6.07, 6.45) is 19.1. The molecule has 1 N–H and O–H groups in total. The average Bonchev–Trinajstić information content (AvgIpc) is 3.57. The van der Waals surface area contributed by atoms with Gasteiger partial charge in [0.2, 0.25) is 0 Å². The maximum atomic E-state index is 11.0. The van der Waals surface area contributed by atoms with Gasteiger partial charge in [-0.1, -0.05) is 139 Å². The lowest BCUT2D eigenvalue weighted by atomic mass is 9.83. The molecule has 0 bridgehead atoms. The minimum absolute atomic E-state index is 0.0721. The summed E-state index contributed by atoms with van der Waals surface area (Å²) in [5.41, 5.74) is -0.796. The monoisotopic (exact) mass is 708 g/mol. The average molecular weight is 709 g/mol. The maximum Gasteiger partial charge on any atom is 0.261 e. The van der Waals surface area contributed by atoms with Gasteiger partial charge in [-0.05, 0) is 54.9 Å². The Morgan fingerprint density at radius 1 is 0.780 bits per heavy atom. The van der Waals surface area contributed by atoms with Crippen LogP contribution in [-0.2, 0) is 23.4 Å². The molecule has 0 saturated carbocycles. The lowest BCUT2D eigenvalue weighted by molar-refractivity contribution is -0.334. The van der Waals surface area contributed by atoms with Gasteiger partial charge >= 0.3 is 0 Å². The second kappa shape index (κ2) is 19.3. The third-order valence-electron chi connectivity index (χ3n) is 10.8. The van der Waals surface area contributed by atoms with Crippen molar-refractivity contribution >= 4 is 18.7 Å². The molecular weight excluding hydrogens is 641 g/mol. The quantitative estimate of drug-likeness (QED) is 0.0793. The third kappa shape index (κ3) is 10.8. The fourth-order valence-corrected chi connectivity index (χ4v) is 12.6. The van der Waals surface area contributed by atoms with Crippen LogP contribution in [0.25, 0.3) is 0 Å². The number of benzene rings is 2. The fraction of sp³-hybridized carbons (Fsp3) is 0.674. The lowest BCUT2D eigenvalue weighted by Gasteiger charge is -2.49. The first-order valence-electron chi connectivity index (χ1n) is 19.7. The van der Waals surface area contributed by atoms with E-state index in [0.29, 0.717) is 19.6 Å². The van der Waals surface area contributed by atoms with Crippen LogP contribution >= 0.6 is 0 Å². The van der Waals surface area contributed by atoms with Crippen LogP contribution in [0.5, 0.6) is 0 Å². The Labute approximate surface area is 305 Å². The Bertz CT molecular complexity index is 1210. The molecule has 2 heterocycles. The Morgan fingerprint density at radius 2 is 1.34 bits per heavy atom. The largest absolute Gasteiger partial charge is 0.407 e. The van der Waals surface area contributed by atoms with Crippen molar-refractivity contribution in [3.63, 3.8) is 0 Å². The number of aliphatic hydroxyl groups is 1. The van der Waals surface area contributed by atoms with Crippen molar-refractivity contribution in [3.8, 4) is 0 Å². The predicted octanol–water partition coefficient (Wildman–Crippen LogP) is 9.08. The Balaban J connectivity index is 1.34. The van der Waals surface area contributed by atoms with Gasteiger partial charge in [0, 0.05) is 31.8 Å². The van der Waals surface area contributed by atoms with Crippen molar-refractivity contribution in [1.82, 2.24) is 0 Å². The number of ether oxygens (including phenoxy) is 4. The summed E-state index contributed by atoms with van der Waals surface area (Å²) in [7, 11) is -2.71. The molecule has 2 atom stereocenters. The van der Waals surface area contributed by atoms with Crippen LogP contribution < -0.4 is 10.4 Å². The first-order chi connectivity index (χ1) is 24.0. The number of allylic oxidation sites excluding steroid dienone is 1. The number of unbranched alkanes of at least 4 members (excludes halogenated alkanes) is 8. The first kappa shape index (κ1) is 40.9. The van der Waals surface area contributed by atoms with Crippen molar-refractivity contribution in [3.05, 3.63) is 72.8 Å². The summed E-state index contributed by atoms with van der Waals surface area (Å²) in [4.78, 5) is 0. The molecule has 0 aliphatic carbocycles. The Hall–Kier alpha value is -1.84. The number of rotatable bonds is 21. The van der Waals surface area contributed by atoms with Crippen molar-refractivity contribution < 1.29 is 28.5 Å². The number of hydrogen-bond acceptors (Lipinski definition) is 6. The van der Waals surface area contributed by atoms with Crippen molar-refractivity contribution in [2.75, 3.05) is 33.0 Å². The van der Waals surface area contributed by atoms with Crippen LogP contribution in [0.2, 0.25) is 5.04 Å². The van der Waals surface area contributed by atoms with Gasteiger partial charge < -0.3 is 28.5 Å². The molecule has 6 nitrogen and oxygen atoms in total. The van der Waals surface area contributed by atoms with Gasteiger partial charge in [-0.25, -0.2) is 0 Å². The molecule has 4 rings (SSSR count). The van der Waals surface area contributed by atoms with Gasteiger partial charge in [0.15, 0.2) is 11.6 Å². The summed E-state index contributed by atoms with van der Waals surface area (Å²) in [5, 5.41) is 13.4. The second-order valence-corrected chi connectivity index (χ2v) is 20.4. The van der Waals surface area contributed by atoms with Gasteiger partial charge in [-0.2, -0.15) is 0 Å². The molecular formula is C43H68O6Si. The van der Waals surface area contributed by atoms with Crippen LogP contribution in [0.1, 0.15) is 125 Å². The molecule has 50 heavy (non-hydrogen) atoms. The summed E-state index contributed by atoms with van der Waals surface area (Å²) >= 11 is 0. The highest BCUT2D eigenvalue weighted by atomic mass is 28.4.